The number of hydrogen-bond acceptors (Lipinski definition) is 0. The van der Waals surface area contributed by atoms with Crippen LogP contribution in [0.5, 0.6) is 0 Å². The van der Waals surface area contributed by atoms with Gasteiger partial charge in [-0.1, -0.05) is 79.8 Å². The fourth-order valence-corrected chi connectivity index (χ4v) is 5.07. The molecule has 1 heteroatoms. The Morgan fingerprint density at radius 3 is 2.39 bits per heavy atom. The maximum absolute atomic E-state index is 3.86. The molecule has 3 aromatic rings. The van der Waals surface area contributed by atoms with E-state index in [0.29, 0.717) is 5.92 Å². The van der Waals surface area contributed by atoms with Crippen molar-refractivity contribution < 1.29 is 0 Å². The predicted molar refractivity (Wildman–Crippen MR) is 142 cm³/mol. The van der Waals surface area contributed by atoms with Crippen molar-refractivity contribution in [3.8, 4) is 23.0 Å². The second-order valence-corrected chi connectivity index (χ2v) is 9.42. The van der Waals surface area contributed by atoms with Crippen molar-refractivity contribution in [3.63, 3.8) is 0 Å². The van der Waals surface area contributed by atoms with E-state index in [0.717, 1.165) is 30.4 Å². The topological polar surface area (TPSA) is 0 Å². The number of allylic oxidation sites excluding steroid dienone is 2. The number of fused-ring (bicyclic) bond motifs is 1. The molecule has 31 heavy (non-hydrogen) atoms. The lowest BCUT2D eigenvalue weighted by Crippen LogP contribution is -1.95. The lowest BCUT2D eigenvalue weighted by molar-refractivity contribution is 0.729. The maximum atomic E-state index is 3.86. The van der Waals surface area contributed by atoms with Gasteiger partial charge in [-0.2, -0.15) is 0 Å². The fraction of sp³-hybridized carbons (Fsp3) is 0.200. The molecule has 0 aliphatic heterocycles. The minimum Gasteiger partial charge on any atom is -0.103 e. The number of halogens is 1. The van der Waals surface area contributed by atoms with Crippen molar-refractivity contribution in [3.05, 3.63) is 110 Å². The van der Waals surface area contributed by atoms with E-state index in [-0.39, 0.29) is 0 Å². The molecule has 4 rings (SSSR count). The van der Waals surface area contributed by atoms with E-state index in [1.165, 1.54) is 37.0 Å². The average Bonchev–Trinajstić information content (AvgIpc) is 3.19. The smallest absolute Gasteiger partial charge is 0.0259 e. The SMILES string of the molecule is C=CCC1=Cc2ccc(-c3ccc(C#Cc4ccc(C(C)CC)c(I)c4)cc3)cc2C1. The Bertz CT molecular complexity index is 1200. The summed E-state index contributed by atoms with van der Waals surface area (Å²) >= 11 is 2.43. The van der Waals surface area contributed by atoms with Crippen molar-refractivity contribution in [1.29, 1.82) is 0 Å². The first-order chi connectivity index (χ1) is 15.1. The normalized spacial score (nSPS) is 13.1. The van der Waals surface area contributed by atoms with Gasteiger partial charge >= 0.3 is 0 Å². The van der Waals surface area contributed by atoms with Gasteiger partial charge in [0.15, 0.2) is 0 Å². The molecule has 0 radical (unpaired) electrons. The zero-order chi connectivity index (χ0) is 21.8. The molecule has 0 bridgehead atoms. The van der Waals surface area contributed by atoms with Gasteiger partial charge in [0, 0.05) is 14.7 Å². The highest BCUT2D eigenvalue weighted by molar-refractivity contribution is 14.1. The molecule has 154 valence electrons. The molecule has 0 saturated carbocycles. The standard InChI is InChI=1S/C30H27I/c1-4-6-24-17-26-14-15-27(20-28(26)18-24)25-12-9-22(10-13-25)7-8-23-11-16-29(21(3)5-2)30(31)19-23/h4,9-17,19-21H,1,5-6,18H2,2-3H3. The van der Waals surface area contributed by atoms with Crippen LogP contribution in [0, 0.1) is 15.4 Å². The van der Waals surface area contributed by atoms with Gasteiger partial charge in [-0.05, 0) is 99.9 Å². The van der Waals surface area contributed by atoms with Gasteiger partial charge in [-0.3, -0.25) is 0 Å². The highest BCUT2D eigenvalue weighted by Gasteiger charge is 2.12. The van der Waals surface area contributed by atoms with Crippen LogP contribution in [-0.4, -0.2) is 0 Å². The largest absolute Gasteiger partial charge is 0.103 e. The zero-order valence-corrected chi connectivity index (χ0v) is 20.4. The third-order valence-electron chi connectivity index (χ3n) is 6.04. The lowest BCUT2D eigenvalue weighted by Gasteiger charge is -2.11. The number of rotatable bonds is 5. The minimum absolute atomic E-state index is 0.588. The summed E-state index contributed by atoms with van der Waals surface area (Å²) in [5.41, 5.74) is 10.2. The van der Waals surface area contributed by atoms with Crippen LogP contribution in [0.1, 0.15) is 60.4 Å². The molecule has 0 saturated heterocycles. The van der Waals surface area contributed by atoms with Gasteiger partial charge in [0.25, 0.3) is 0 Å². The molecule has 0 nitrogen and oxygen atoms in total. The molecule has 1 aliphatic carbocycles. The second kappa shape index (κ2) is 9.71. The minimum atomic E-state index is 0.588. The highest BCUT2D eigenvalue weighted by atomic mass is 127. The molecule has 1 atom stereocenters. The molecule has 1 aliphatic rings. The average molecular weight is 514 g/mol. The van der Waals surface area contributed by atoms with Gasteiger partial charge in [0.1, 0.15) is 0 Å². The molecule has 0 heterocycles. The fourth-order valence-electron chi connectivity index (χ4n) is 4.03. The summed E-state index contributed by atoms with van der Waals surface area (Å²) < 4.78 is 1.30. The molecule has 0 amide bonds. The molecule has 1 unspecified atom stereocenters. The van der Waals surface area contributed by atoms with E-state index in [2.05, 4.69) is 122 Å². The third-order valence-corrected chi connectivity index (χ3v) is 6.97. The summed E-state index contributed by atoms with van der Waals surface area (Å²) in [4.78, 5) is 0. The Labute approximate surface area is 200 Å². The molecule has 0 spiro atoms. The number of hydrogen-bond donors (Lipinski definition) is 0. The number of benzene rings is 3. The maximum Gasteiger partial charge on any atom is 0.0259 e. The Morgan fingerprint density at radius 2 is 1.68 bits per heavy atom. The first-order valence-electron chi connectivity index (χ1n) is 10.9. The van der Waals surface area contributed by atoms with Crippen LogP contribution in [0.25, 0.3) is 17.2 Å². The first-order valence-corrected chi connectivity index (χ1v) is 12.0. The van der Waals surface area contributed by atoms with Crippen LogP contribution in [-0.2, 0) is 6.42 Å². The molecular formula is C30H27I. The summed E-state index contributed by atoms with van der Waals surface area (Å²) in [6, 6.07) is 21.9. The van der Waals surface area contributed by atoms with Crippen LogP contribution in [0.3, 0.4) is 0 Å². The quantitative estimate of drug-likeness (QED) is 0.182. The van der Waals surface area contributed by atoms with Crippen molar-refractivity contribution in [1.82, 2.24) is 0 Å². The molecular weight excluding hydrogens is 487 g/mol. The van der Waals surface area contributed by atoms with Crippen LogP contribution in [0.2, 0.25) is 0 Å². The van der Waals surface area contributed by atoms with Crippen molar-refractivity contribution in [2.45, 2.75) is 39.0 Å². The van der Waals surface area contributed by atoms with Gasteiger partial charge < -0.3 is 0 Å². The van der Waals surface area contributed by atoms with Crippen molar-refractivity contribution in [2.75, 3.05) is 0 Å². The zero-order valence-electron chi connectivity index (χ0n) is 18.2. The molecule has 0 aromatic heterocycles. The van der Waals surface area contributed by atoms with Crippen LogP contribution >= 0.6 is 22.6 Å². The monoisotopic (exact) mass is 514 g/mol. The van der Waals surface area contributed by atoms with E-state index in [1.807, 2.05) is 6.08 Å². The van der Waals surface area contributed by atoms with Crippen LogP contribution < -0.4 is 0 Å². The Kier molecular flexibility index (Phi) is 6.78. The highest BCUT2D eigenvalue weighted by Crippen LogP contribution is 2.31. The molecule has 0 N–H and O–H groups in total. The summed E-state index contributed by atoms with van der Waals surface area (Å²) in [5.74, 6) is 7.23. The first kappa shape index (κ1) is 21.7. The van der Waals surface area contributed by atoms with Crippen molar-refractivity contribution >= 4 is 28.7 Å². The third kappa shape index (κ3) is 5.02. The lowest BCUT2D eigenvalue weighted by atomic mass is 9.97. The van der Waals surface area contributed by atoms with Crippen LogP contribution in [0.4, 0.5) is 0 Å². The molecule has 3 aromatic carbocycles. The van der Waals surface area contributed by atoms with E-state index in [9.17, 15) is 0 Å². The van der Waals surface area contributed by atoms with E-state index in [1.54, 1.807) is 0 Å². The van der Waals surface area contributed by atoms with E-state index < -0.39 is 0 Å². The Morgan fingerprint density at radius 1 is 0.968 bits per heavy atom. The van der Waals surface area contributed by atoms with Gasteiger partial charge in [0.2, 0.25) is 0 Å². The van der Waals surface area contributed by atoms with E-state index in [4.69, 9.17) is 0 Å². The summed E-state index contributed by atoms with van der Waals surface area (Å²) in [7, 11) is 0. The van der Waals surface area contributed by atoms with E-state index >= 15 is 0 Å². The predicted octanol–water partition coefficient (Wildman–Crippen LogP) is 8.39. The van der Waals surface area contributed by atoms with Gasteiger partial charge in [-0.25, -0.2) is 0 Å². The second-order valence-electron chi connectivity index (χ2n) is 8.26. The summed E-state index contributed by atoms with van der Waals surface area (Å²) in [6.45, 7) is 8.37. The molecule has 0 fully saturated rings. The Hall–Kier alpha value is -2.57. The van der Waals surface area contributed by atoms with Gasteiger partial charge in [0.05, 0.1) is 0 Å². The van der Waals surface area contributed by atoms with Crippen LogP contribution in [0.15, 0.2) is 78.9 Å². The van der Waals surface area contributed by atoms with Crippen molar-refractivity contribution in [2.24, 2.45) is 0 Å². The Balaban J connectivity index is 1.49. The summed E-state index contributed by atoms with van der Waals surface area (Å²) in [5, 5.41) is 0. The van der Waals surface area contributed by atoms with Gasteiger partial charge in [-0.15, -0.1) is 6.58 Å². The summed E-state index contributed by atoms with van der Waals surface area (Å²) in [6.07, 6.45) is 7.45.